The molecule has 0 bridgehead atoms. The van der Waals surface area contributed by atoms with E-state index in [2.05, 4.69) is 13.8 Å². The molecule has 3 heteroatoms. The Morgan fingerprint density at radius 3 is 1.35 bits per heavy atom. The van der Waals surface area contributed by atoms with Crippen LogP contribution in [0.25, 0.3) is 0 Å². The van der Waals surface area contributed by atoms with Crippen LogP contribution in [-0.4, -0.2) is 24.1 Å². The van der Waals surface area contributed by atoms with Crippen LogP contribution in [0.5, 0.6) is 0 Å². The Kier molecular flexibility index (Phi) is 17.3. The highest BCUT2D eigenvalue weighted by Crippen LogP contribution is 2.10. The van der Waals surface area contributed by atoms with E-state index in [1.54, 1.807) is 0 Å². The molecule has 138 valence electrons. The maximum Gasteiger partial charge on any atom is 0.322 e. The van der Waals surface area contributed by atoms with Gasteiger partial charge in [-0.3, -0.25) is 4.79 Å². The highest BCUT2D eigenvalue weighted by atomic mass is 16.7. The SMILES string of the molecule is CCCCCCCCCN(CCCCCCCCC)OC(C)=O. The normalized spacial score (nSPS) is 11.1. The first-order chi connectivity index (χ1) is 11.2. The molecule has 23 heavy (non-hydrogen) atoms. The molecule has 0 aromatic carbocycles. The predicted molar refractivity (Wildman–Crippen MR) is 99.3 cm³/mol. The average molecular weight is 328 g/mol. The van der Waals surface area contributed by atoms with Crippen molar-refractivity contribution in [2.24, 2.45) is 0 Å². The molecule has 0 aromatic rings. The van der Waals surface area contributed by atoms with Crippen molar-refractivity contribution in [3.8, 4) is 0 Å². The summed E-state index contributed by atoms with van der Waals surface area (Å²) in [6.45, 7) is 7.79. The molecule has 0 aliphatic carbocycles. The lowest BCUT2D eigenvalue weighted by Gasteiger charge is -2.20. The molecule has 0 heterocycles. The van der Waals surface area contributed by atoms with Gasteiger partial charge in [-0.2, -0.15) is 0 Å². The van der Waals surface area contributed by atoms with Gasteiger partial charge in [0.2, 0.25) is 0 Å². The van der Waals surface area contributed by atoms with Crippen LogP contribution < -0.4 is 0 Å². The predicted octanol–water partition coefficient (Wildman–Crippen LogP) is 6.27. The van der Waals surface area contributed by atoms with E-state index in [0.29, 0.717) is 0 Å². The molecule has 0 radical (unpaired) electrons. The lowest BCUT2D eigenvalue weighted by atomic mass is 10.1. The van der Waals surface area contributed by atoms with E-state index in [4.69, 9.17) is 4.84 Å². The Morgan fingerprint density at radius 2 is 1.00 bits per heavy atom. The van der Waals surface area contributed by atoms with E-state index < -0.39 is 0 Å². The van der Waals surface area contributed by atoms with Crippen LogP contribution >= 0.6 is 0 Å². The van der Waals surface area contributed by atoms with E-state index in [1.807, 2.05) is 5.06 Å². The van der Waals surface area contributed by atoms with Crippen molar-refractivity contribution in [1.29, 1.82) is 0 Å². The molecule has 0 spiro atoms. The first kappa shape index (κ1) is 22.4. The third-order valence-electron chi connectivity index (χ3n) is 4.28. The Bertz CT molecular complexity index is 238. The second kappa shape index (κ2) is 17.8. The van der Waals surface area contributed by atoms with E-state index >= 15 is 0 Å². The number of rotatable bonds is 17. The molecule has 0 saturated carbocycles. The third kappa shape index (κ3) is 17.6. The van der Waals surface area contributed by atoms with Crippen LogP contribution in [0.15, 0.2) is 0 Å². The second-order valence-corrected chi connectivity index (χ2v) is 6.75. The lowest BCUT2D eigenvalue weighted by molar-refractivity contribution is -0.188. The summed E-state index contributed by atoms with van der Waals surface area (Å²) in [6, 6.07) is 0. The maximum absolute atomic E-state index is 11.2. The molecule has 0 rings (SSSR count). The molecule has 0 atom stereocenters. The van der Waals surface area contributed by atoms with Crippen molar-refractivity contribution in [1.82, 2.24) is 5.06 Å². The van der Waals surface area contributed by atoms with E-state index in [-0.39, 0.29) is 5.97 Å². The fourth-order valence-electron chi connectivity index (χ4n) is 2.88. The minimum Gasteiger partial charge on any atom is -0.368 e. The smallest absolute Gasteiger partial charge is 0.322 e. The van der Waals surface area contributed by atoms with Crippen LogP contribution in [0.2, 0.25) is 0 Å². The molecule has 0 N–H and O–H groups in total. The number of hydroxylamine groups is 2. The van der Waals surface area contributed by atoms with Crippen LogP contribution in [0.4, 0.5) is 0 Å². The first-order valence-corrected chi connectivity index (χ1v) is 10.1. The molecule has 3 nitrogen and oxygen atoms in total. The summed E-state index contributed by atoms with van der Waals surface area (Å²) in [5, 5.41) is 1.89. The Labute approximate surface area is 145 Å². The Hall–Kier alpha value is -0.570. The third-order valence-corrected chi connectivity index (χ3v) is 4.28. The van der Waals surface area contributed by atoms with Gasteiger partial charge in [-0.1, -0.05) is 90.9 Å². The summed E-state index contributed by atoms with van der Waals surface area (Å²) in [6.07, 6.45) is 18.1. The van der Waals surface area contributed by atoms with Crippen LogP contribution in [0, 0.1) is 0 Å². The molecular formula is C20H41NO2. The van der Waals surface area contributed by atoms with Crippen molar-refractivity contribution < 1.29 is 9.63 Å². The van der Waals surface area contributed by atoms with Crippen molar-refractivity contribution in [3.63, 3.8) is 0 Å². The average Bonchev–Trinajstić information content (AvgIpc) is 2.52. The van der Waals surface area contributed by atoms with Crippen LogP contribution in [0.3, 0.4) is 0 Å². The highest BCUT2D eigenvalue weighted by Gasteiger charge is 2.08. The van der Waals surface area contributed by atoms with Crippen molar-refractivity contribution >= 4 is 5.97 Å². The van der Waals surface area contributed by atoms with Gasteiger partial charge in [-0.15, -0.1) is 5.06 Å². The second-order valence-electron chi connectivity index (χ2n) is 6.75. The number of carbonyl (C=O) groups excluding carboxylic acids is 1. The number of hydrogen-bond acceptors (Lipinski definition) is 3. The van der Waals surface area contributed by atoms with Gasteiger partial charge in [0.05, 0.1) is 0 Å². The lowest BCUT2D eigenvalue weighted by Crippen LogP contribution is -2.28. The summed E-state index contributed by atoms with van der Waals surface area (Å²) >= 11 is 0. The Balaban J connectivity index is 3.62. The van der Waals surface area contributed by atoms with Gasteiger partial charge in [0, 0.05) is 20.0 Å². The maximum atomic E-state index is 11.2. The van der Waals surface area contributed by atoms with E-state index in [9.17, 15) is 4.79 Å². The fraction of sp³-hybridized carbons (Fsp3) is 0.950. The van der Waals surface area contributed by atoms with Crippen molar-refractivity contribution in [3.05, 3.63) is 0 Å². The zero-order chi connectivity index (χ0) is 17.2. The van der Waals surface area contributed by atoms with Crippen LogP contribution in [0.1, 0.15) is 111 Å². The number of unbranched alkanes of at least 4 members (excludes halogenated alkanes) is 12. The molecule has 0 aromatic heterocycles. The molecule has 0 unspecified atom stereocenters. The van der Waals surface area contributed by atoms with E-state index in [0.717, 1.165) is 25.9 Å². The number of nitrogens with zero attached hydrogens (tertiary/aromatic N) is 1. The van der Waals surface area contributed by atoms with Gasteiger partial charge in [-0.25, -0.2) is 0 Å². The summed E-state index contributed by atoms with van der Waals surface area (Å²) in [5.41, 5.74) is 0. The van der Waals surface area contributed by atoms with Gasteiger partial charge in [0.1, 0.15) is 0 Å². The highest BCUT2D eigenvalue weighted by molar-refractivity contribution is 5.65. The van der Waals surface area contributed by atoms with Crippen molar-refractivity contribution in [2.75, 3.05) is 13.1 Å². The first-order valence-electron chi connectivity index (χ1n) is 10.1. The van der Waals surface area contributed by atoms with Crippen LogP contribution in [-0.2, 0) is 9.63 Å². The molecule has 0 fully saturated rings. The quantitative estimate of drug-likeness (QED) is 0.233. The minimum atomic E-state index is -0.184. The zero-order valence-corrected chi connectivity index (χ0v) is 16.1. The molecule has 0 aliphatic rings. The molecule has 0 aliphatic heterocycles. The van der Waals surface area contributed by atoms with E-state index in [1.165, 1.54) is 84.0 Å². The van der Waals surface area contributed by atoms with Gasteiger partial charge in [0.15, 0.2) is 0 Å². The largest absolute Gasteiger partial charge is 0.368 e. The summed E-state index contributed by atoms with van der Waals surface area (Å²) in [4.78, 5) is 16.5. The topological polar surface area (TPSA) is 29.5 Å². The zero-order valence-electron chi connectivity index (χ0n) is 16.1. The fourth-order valence-corrected chi connectivity index (χ4v) is 2.88. The van der Waals surface area contributed by atoms with Crippen molar-refractivity contribution in [2.45, 2.75) is 111 Å². The van der Waals surface area contributed by atoms with Gasteiger partial charge in [0.25, 0.3) is 0 Å². The summed E-state index contributed by atoms with van der Waals surface area (Å²) in [7, 11) is 0. The molecular weight excluding hydrogens is 286 g/mol. The molecule has 0 amide bonds. The van der Waals surface area contributed by atoms with Gasteiger partial charge < -0.3 is 4.84 Å². The summed E-state index contributed by atoms with van der Waals surface area (Å²) < 4.78 is 0. The minimum absolute atomic E-state index is 0.184. The standard InChI is InChI=1S/C20H41NO2/c1-4-6-8-10-12-14-16-18-21(23-20(3)22)19-17-15-13-11-9-7-5-2/h4-19H2,1-3H3. The number of carbonyl (C=O) groups is 1. The van der Waals surface area contributed by atoms with Gasteiger partial charge >= 0.3 is 5.97 Å². The number of hydrogen-bond donors (Lipinski definition) is 0. The summed E-state index contributed by atoms with van der Waals surface area (Å²) in [5.74, 6) is -0.184. The molecule has 0 saturated heterocycles. The monoisotopic (exact) mass is 327 g/mol. The Morgan fingerprint density at radius 1 is 0.652 bits per heavy atom. The van der Waals surface area contributed by atoms with Gasteiger partial charge in [-0.05, 0) is 12.8 Å².